The zero-order chi connectivity index (χ0) is 11.5. The van der Waals surface area contributed by atoms with E-state index in [4.69, 9.17) is 0 Å². The van der Waals surface area contributed by atoms with Crippen LogP contribution in [0.15, 0.2) is 16.9 Å². The number of hydrogen-bond donors (Lipinski definition) is 0. The summed E-state index contributed by atoms with van der Waals surface area (Å²) in [5.41, 5.74) is 2.28. The Morgan fingerprint density at radius 2 is 2.19 bits per heavy atom. The van der Waals surface area contributed by atoms with Crippen LogP contribution in [0.5, 0.6) is 0 Å². The Kier molecular flexibility index (Phi) is 3.22. The monoisotopic (exact) mass is 219 g/mol. The molecule has 1 aliphatic rings. The molecule has 0 aliphatic heterocycles. The maximum Gasteiger partial charge on any atom is 0.251 e. The van der Waals surface area contributed by atoms with E-state index in [1.807, 2.05) is 13.0 Å². The van der Waals surface area contributed by atoms with Gasteiger partial charge in [-0.3, -0.25) is 9.59 Å². The first kappa shape index (κ1) is 11.1. The van der Waals surface area contributed by atoms with Crippen molar-refractivity contribution in [2.45, 2.75) is 45.6 Å². The maximum atomic E-state index is 11.7. The number of hydrogen-bond acceptors (Lipinski definition) is 2. The van der Waals surface area contributed by atoms with Gasteiger partial charge in [0, 0.05) is 18.2 Å². The van der Waals surface area contributed by atoms with Crippen molar-refractivity contribution in [1.82, 2.24) is 4.57 Å². The Balaban J connectivity index is 2.30. The normalized spacial score (nSPS) is 13.8. The van der Waals surface area contributed by atoms with E-state index in [1.54, 1.807) is 10.6 Å². The van der Waals surface area contributed by atoms with E-state index in [0.29, 0.717) is 6.42 Å². The van der Waals surface area contributed by atoms with Gasteiger partial charge in [-0.05, 0) is 31.2 Å². The fourth-order valence-electron chi connectivity index (χ4n) is 2.34. The average Bonchev–Trinajstić information content (AvgIpc) is 2.71. The molecule has 0 spiro atoms. The number of carbonyl (C=O) groups is 1. The third kappa shape index (κ3) is 2.08. The molecule has 0 atom stereocenters. The second-order valence-corrected chi connectivity index (χ2v) is 4.37. The fraction of sp³-hybridized carbons (Fsp3) is 0.538. The molecule has 0 saturated carbocycles. The largest absolute Gasteiger partial charge is 0.305 e. The van der Waals surface area contributed by atoms with Gasteiger partial charge in [-0.25, -0.2) is 0 Å². The number of rotatable bonds is 4. The van der Waals surface area contributed by atoms with Gasteiger partial charge in [0.25, 0.3) is 5.56 Å². The van der Waals surface area contributed by atoms with E-state index in [2.05, 4.69) is 0 Å². The van der Waals surface area contributed by atoms with Gasteiger partial charge < -0.3 is 4.57 Å². The lowest BCUT2D eigenvalue weighted by Gasteiger charge is -2.10. The van der Waals surface area contributed by atoms with E-state index >= 15 is 0 Å². The number of aryl methyl sites for hydroxylation is 1. The van der Waals surface area contributed by atoms with Gasteiger partial charge in [0.15, 0.2) is 5.78 Å². The van der Waals surface area contributed by atoms with Gasteiger partial charge in [0.2, 0.25) is 0 Å². The molecule has 1 aromatic rings. The van der Waals surface area contributed by atoms with Gasteiger partial charge in [-0.1, -0.05) is 13.0 Å². The van der Waals surface area contributed by atoms with Gasteiger partial charge in [0.1, 0.15) is 0 Å². The van der Waals surface area contributed by atoms with Crippen molar-refractivity contribution >= 4 is 5.78 Å². The first-order chi connectivity index (χ1) is 7.72. The quantitative estimate of drug-likeness (QED) is 0.773. The van der Waals surface area contributed by atoms with Crippen molar-refractivity contribution in [1.29, 1.82) is 0 Å². The smallest absolute Gasteiger partial charge is 0.251 e. The molecule has 0 saturated heterocycles. The summed E-state index contributed by atoms with van der Waals surface area (Å²) >= 11 is 0. The standard InChI is InChI=1S/C13H17NO2/c1-2-4-11(15)9-14-12-6-3-5-10(12)7-8-13(14)16/h7-8H,2-6,9H2,1H3. The van der Waals surface area contributed by atoms with Crippen molar-refractivity contribution in [3.63, 3.8) is 0 Å². The van der Waals surface area contributed by atoms with Crippen LogP contribution in [0, 0.1) is 0 Å². The highest BCUT2D eigenvalue weighted by Gasteiger charge is 2.16. The number of ketones is 1. The van der Waals surface area contributed by atoms with Crippen LogP contribution in [0.3, 0.4) is 0 Å². The van der Waals surface area contributed by atoms with E-state index in [1.165, 1.54) is 5.56 Å². The predicted octanol–water partition coefficient (Wildman–Crippen LogP) is 1.71. The first-order valence-electron chi connectivity index (χ1n) is 5.95. The van der Waals surface area contributed by atoms with Gasteiger partial charge in [0.05, 0.1) is 6.54 Å². The lowest BCUT2D eigenvalue weighted by molar-refractivity contribution is -0.119. The van der Waals surface area contributed by atoms with Gasteiger partial charge in [-0.2, -0.15) is 0 Å². The van der Waals surface area contributed by atoms with Crippen LogP contribution in [0.4, 0.5) is 0 Å². The van der Waals surface area contributed by atoms with Crippen LogP contribution >= 0.6 is 0 Å². The highest BCUT2D eigenvalue weighted by molar-refractivity contribution is 5.78. The fourth-order valence-corrected chi connectivity index (χ4v) is 2.34. The highest BCUT2D eigenvalue weighted by atomic mass is 16.1. The molecule has 1 aliphatic carbocycles. The van der Waals surface area contributed by atoms with Crippen molar-refractivity contribution in [3.8, 4) is 0 Å². The zero-order valence-electron chi connectivity index (χ0n) is 9.66. The first-order valence-corrected chi connectivity index (χ1v) is 5.95. The van der Waals surface area contributed by atoms with Crippen LogP contribution in [-0.2, 0) is 24.2 Å². The third-order valence-corrected chi connectivity index (χ3v) is 3.11. The molecule has 86 valence electrons. The molecule has 16 heavy (non-hydrogen) atoms. The zero-order valence-corrected chi connectivity index (χ0v) is 9.66. The highest BCUT2D eigenvalue weighted by Crippen LogP contribution is 2.19. The molecule has 0 bridgehead atoms. The van der Waals surface area contributed by atoms with Crippen molar-refractivity contribution in [2.75, 3.05) is 0 Å². The van der Waals surface area contributed by atoms with Crippen LogP contribution in [0.25, 0.3) is 0 Å². The average molecular weight is 219 g/mol. The number of pyridine rings is 1. The van der Waals surface area contributed by atoms with Gasteiger partial charge >= 0.3 is 0 Å². The number of fused-ring (bicyclic) bond motifs is 1. The molecule has 3 heteroatoms. The van der Waals surface area contributed by atoms with Crippen LogP contribution in [0.1, 0.15) is 37.4 Å². The molecule has 1 aromatic heterocycles. The van der Waals surface area contributed by atoms with Crippen molar-refractivity contribution < 1.29 is 4.79 Å². The summed E-state index contributed by atoms with van der Waals surface area (Å²) in [6.45, 7) is 2.24. The van der Waals surface area contributed by atoms with Crippen LogP contribution in [0.2, 0.25) is 0 Å². The lowest BCUT2D eigenvalue weighted by atomic mass is 10.2. The summed E-state index contributed by atoms with van der Waals surface area (Å²) in [4.78, 5) is 23.3. The van der Waals surface area contributed by atoms with E-state index in [0.717, 1.165) is 31.4 Å². The van der Waals surface area contributed by atoms with E-state index in [-0.39, 0.29) is 17.9 Å². The molecule has 1 heterocycles. The third-order valence-electron chi connectivity index (χ3n) is 3.11. The molecule has 0 N–H and O–H groups in total. The Morgan fingerprint density at radius 3 is 2.94 bits per heavy atom. The Labute approximate surface area is 95.1 Å². The van der Waals surface area contributed by atoms with Crippen LogP contribution < -0.4 is 5.56 Å². The maximum absolute atomic E-state index is 11.7. The topological polar surface area (TPSA) is 39.1 Å². The van der Waals surface area contributed by atoms with Crippen molar-refractivity contribution in [2.24, 2.45) is 0 Å². The lowest BCUT2D eigenvalue weighted by Crippen LogP contribution is -2.26. The number of nitrogens with zero attached hydrogens (tertiary/aromatic N) is 1. The molecule has 2 rings (SSSR count). The van der Waals surface area contributed by atoms with E-state index < -0.39 is 0 Å². The van der Waals surface area contributed by atoms with Gasteiger partial charge in [-0.15, -0.1) is 0 Å². The summed E-state index contributed by atoms with van der Waals surface area (Å²) in [7, 11) is 0. The summed E-state index contributed by atoms with van der Waals surface area (Å²) in [5.74, 6) is 0.157. The number of Topliss-reactive ketones (excluding diaryl/α,β-unsaturated/α-hetero) is 1. The second-order valence-electron chi connectivity index (χ2n) is 4.37. The molecule has 0 unspecified atom stereocenters. The summed E-state index contributed by atoms with van der Waals surface area (Å²) in [6, 6.07) is 3.49. The summed E-state index contributed by atoms with van der Waals surface area (Å²) < 4.78 is 1.67. The Bertz CT molecular complexity index is 459. The number of aromatic nitrogens is 1. The predicted molar refractivity (Wildman–Crippen MR) is 62.6 cm³/mol. The molecule has 0 fully saturated rings. The molecular weight excluding hydrogens is 202 g/mol. The van der Waals surface area contributed by atoms with E-state index in [9.17, 15) is 9.59 Å². The Morgan fingerprint density at radius 1 is 1.38 bits per heavy atom. The van der Waals surface area contributed by atoms with Crippen molar-refractivity contribution in [3.05, 3.63) is 33.7 Å². The summed E-state index contributed by atoms with van der Waals surface area (Å²) in [6.07, 6.45) is 4.49. The minimum absolute atomic E-state index is 0.0369. The molecular formula is C13H17NO2. The molecule has 0 aromatic carbocycles. The molecule has 0 amide bonds. The SMILES string of the molecule is CCCC(=O)Cn1c2c(ccc1=O)CCC2. The number of carbonyl (C=O) groups excluding carboxylic acids is 1. The summed E-state index contributed by atoms with van der Waals surface area (Å²) in [5, 5.41) is 0. The minimum Gasteiger partial charge on any atom is -0.305 e. The second kappa shape index (κ2) is 4.64. The molecule has 3 nitrogen and oxygen atoms in total. The molecule has 0 radical (unpaired) electrons. The minimum atomic E-state index is -0.0369. The Hall–Kier alpha value is -1.38. The van der Waals surface area contributed by atoms with Crippen LogP contribution in [-0.4, -0.2) is 10.4 Å².